The van der Waals surface area contributed by atoms with Gasteiger partial charge in [-0.2, -0.15) is 0 Å². The third-order valence-corrected chi connectivity index (χ3v) is 5.97. The Bertz CT molecular complexity index is 1010. The minimum Gasteiger partial charge on any atom is -0.330 e. The van der Waals surface area contributed by atoms with E-state index >= 15 is 0 Å². The predicted molar refractivity (Wildman–Crippen MR) is 112 cm³/mol. The summed E-state index contributed by atoms with van der Waals surface area (Å²) in [6.07, 6.45) is 3.87. The van der Waals surface area contributed by atoms with Crippen LogP contribution in [0.4, 0.5) is 10.8 Å². The fraction of sp³-hybridized carbons (Fsp3) is 0.150. The number of nitrogens with one attached hydrogen (secondary N) is 1. The van der Waals surface area contributed by atoms with Crippen molar-refractivity contribution in [2.24, 2.45) is 0 Å². The molecule has 4 rings (SSSR count). The quantitative estimate of drug-likeness (QED) is 0.441. The van der Waals surface area contributed by atoms with E-state index in [9.17, 15) is 0 Å². The second-order valence-electron chi connectivity index (χ2n) is 6.11. The highest BCUT2D eigenvalue weighted by Gasteiger charge is 2.09. The molecule has 2 aromatic carbocycles. The van der Waals surface area contributed by atoms with Gasteiger partial charge in [-0.25, -0.2) is 4.98 Å². The summed E-state index contributed by atoms with van der Waals surface area (Å²) in [6, 6.07) is 18.6. The van der Waals surface area contributed by atoms with E-state index in [0.29, 0.717) is 0 Å². The first-order valence-corrected chi connectivity index (χ1v) is 10.4. The smallest absolute Gasteiger partial charge is 0.210 e. The van der Waals surface area contributed by atoms with Crippen molar-refractivity contribution in [3.05, 3.63) is 83.9 Å². The third-order valence-electron chi connectivity index (χ3n) is 4.00. The van der Waals surface area contributed by atoms with Crippen LogP contribution in [0, 0.1) is 6.92 Å². The van der Waals surface area contributed by atoms with E-state index in [-0.39, 0.29) is 0 Å². The van der Waals surface area contributed by atoms with Gasteiger partial charge in [-0.3, -0.25) is 0 Å². The Morgan fingerprint density at radius 2 is 1.96 bits per heavy atom. The normalized spacial score (nSPS) is 10.9. The number of thioether (sulfide) groups is 1. The fourth-order valence-corrected chi connectivity index (χ4v) is 4.43. The van der Waals surface area contributed by atoms with Crippen molar-refractivity contribution in [1.82, 2.24) is 19.7 Å². The van der Waals surface area contributed by atoms with Crippen molar-refractivity contribution in [2.75, 3.05) is 5.32 Å². The molecule has 0 spiro atoms. The lowest BCUT2D eigenvalue weighted by Gasteiger charge is -2.07. The second-order valence-corrected chi connectivity index (χ2v) is 8.31. The van der Waals surface area contributed by atoms with Gasteiger partial charge in [-0.15, -0.1) is 10.2 Å². The third kappa shape index (κ3) is 4.75. The van der Waals surface area contributed by atoms with E-state index in [1.165, 1.54) is 11.1 Å². The molecule has 0 aliphatic rings. The van der Waals surface area contributed by atoms with Crippen molar-refractivity contribution in [3.8, 4) is 0 Å². The van der Waals surface area contributed by atoms with Crippen LogP contribution < -0.4 is 5.32 Å². The van der Waals surface area contributed by atoms with Crippen molar-refractivity contribution in [2.45, 2.75) is 23.6 Å². The van der Waals surface area contributed by atoms with Crippen LogP contribution in [0.15, 0.2) is 71.3 Å². The zero-order valence-corrected chi connectivity index (χ0v) is 16.5. The maximum absolute atomic E-state index is 4.49. The molecule has 0 aliphatic heterocycles. The van der Waals surface area contributed by atoms with E-state index in [0.717, 1.165) is 33.3 Å². The number of aryl methyl sites for hydroxylation is 1. The van der Waals surface area contributed by atoms with E-state index < -0.39 is 0 Å². The predicted octanol–water partition coefficient (Wildman–Crippen LogP) is 5.13. The van der Waals surface area contributed by atoms with Crippen LogP contribution in [0.25, 0.3) is 0 Å². The summed E-state index contributed by atoms with van der Waals surface area (Å²) >= 11 is 3.22. The molecule has 0 atom stereocenters. The Morgan fingerprint density at radius 1 is 1.07 bits per heavy atom. The van der Waals surface area contributed by atoms with Gasteiger partial charge in [0.2, 0.25) is 5.13 Å². The minimum atomic E-state index is 0.763. The topological polar surface area (TPSA) is 55.6 Å². The first kappa shape index (κ1) is 17.8. The lowest BCUT2D eigenvalue weighted by molar-refractivity contribution is 0.756. The highest BCUT2D eigenvalue weighted by Crippen LogP contribution is 2.29. The zero-order chi connectivity index (χ0) is 18.5. The minimum absolute atomic E-state index is 0.763. The van der Waals surface area contributed by atoms with Gasteiger partial charge in [-0.05, 0) is 30.2 Å². The average molecular weight is 394 g/mol. The van der Waals surface area contributed by atoms with Crippen LogP contribution in [-0.4, -0.2) is 19.7 Å². The molecule has 0 amide bonds. The molecule has 0 unspecified atom stereocenters. The van der Waals surface area contributed by atoms with Crippen LogP contribution >= 0.6 is 23.1 Å². The summed E-state index contributed by atoms with van der Waals surface area (Å²) in [5, 5.41) is 12.6. The van der Waals surface area contributed by atoms with Gasteiger partial charge in [0, 0.05) is 24.6 Å². The molecule has 0 bridgehead atoms. The van der Waals surface area contributed by atoms with E-state index in [1.54, 1.807) is 23.1 Å². The van der Waals surface area contributed by atoms with Gasteiger partial charge in [0.25, 0.3) is 0 Å². The first-order valence-electron chi connectivity index (χ1n) is 8.60. The highest BCUT2D eigenvalue weighted by molar-refractivity contribution is 8.00. The summed E-state index contributed by atoms with van der Waals surface area (Å²) < 4.78 is 3.11. The Kier molecular flexibility index (Phi) is 5.50. The number of benzene rings is 2. The molecule has 0 aliphatic carbocycles. The van der Waals surface area contributed by atoms with Crippen molar-refractivity contribution in [3.63, 3.8) is 0 Å². The lowest BCUT2D eigenvalue weighted by Crippen LogP contribution is -2.03. The molecule has 27 heavy (non-hydrogen) atoms. The van der Waals surface area contributed by atoms with E-state index in [2.05, 4.69) is 68.4 Å². The first-order chi connectivity index (χ1) is 13.3. The van der Waals surface area contributed by atoms with Crippen LogP contribution in [0.1, 0.15) is 17.0 Å². The van der Waals surface area contributed by atoms with Gasteiger partial charge in [-0.1, -0.05) is 65.6 Å². The van der Waals surface area contributed by atoms with Crippen molar-refractivity contribution >= 4 is 33.9 Å². The SMILES string of the molecule is Cc1cccc(Nc2nnc(SCc3nccn3Cc3ccccc3)s2)c1. The number of aromatic nitrogens is 4. The molecule has 136 valence electrons. The summed E-state index contributed by atoms with van der Waals surface area (Å²) in [4.78, 5) is 4.49. The summed E-state index contributed by atoms with van der Waals surface area (Å²) in [7, 11) is 0. The maximum Gasteiger partial charge on any atom is 0.210 e. The molecule has 2 heterocycles. The number of anilines is 2. The summed E-state index contributed by atoms with van der Waals surface area (Å²) in [5.41, 5.74) is 3.51. The van der Waals surface area contributed by atoms with Crippen LogP contribution in [-0.2, 0) is 12.3 Å². The van der Waals surface area contributed by atoms with Crippen molar-refractivity contribution in [1.29, 1.82) is 0 Å². The molecule has 2 aromatic heterocycles. The summed E-state index contributed by atoms with van der Waals surface area (Å²) in [6.45, 7) is 2.90. The monoisotopic (exact) mass is 393 g/mol. The molecule has 1 N–H and O–H groups in total. The lowest BCUT2D eigenvalue weighted by atomic mass is 10.2. The Morgan fingerprint density at radius 3 is 2.81 bits per heavy atom. The average Bonchev–Trinajstić information content (AvgIpc) is 3.30. The molecule has 0 saturated heterocycles. The van der Waals surface area contributed by atoms with E-state index in [1.807, 2.05) is 30.6 Å². The number of imidazole rings is 1. The molecule has 4 aromatic rings. The zero-order valence-electron chi connectivity index (χ0n) is 14.9. The fourth-order valence-electron chi connectivity index (χ4n) is 2.70. The number of hydrogen-bond acceptors (Lipinski definition) is 6. The van der Waals surface area contributed by atoms with Gasteiger partial charge >= 0.3 is 0 Å². The van der Waals surface area contributed by atoms with Crippen LogP contribution in [0.3, 0.4) is 0 Å². The Hall–Kier alpha value is -2.64. The van der Waals surface area contributed by atoms with Gasteiger partial charge < -0.3 is 9.88 Å². The van der Waals surface area contributed by atoms with Gasteiger partial charge in [0.15, 0.2) is 4.34 Å². The van der Waals surface area contributed by atoms with E-state index in [4.69, 9.17) is 0 Å². The van der Waals surface area contributed by atoms with Crippen LogP contribution in [0.2, 0.25) is 0 Å². The van der Waals surface area contributed by atoms with Crippen molar-refractivity contribution < 1.29 is 0 Å². The van der Waals surface area contributed by atoms with Gasteiger partial charge in [0.1, 0.15) is 5.82 Å². The Labute approximate surface area is 166 Å². The maximum atomic E-state index is 4.49. The molecular weight excluding hydrogens is 374 g/mol. The van der Waals surface area contributed by atoms with Gasteiger partial charge in [0.05, 0.1) is 5.75 Å². The Balaban J connectivity index is 1.37. The molecule has 0 radical (unpaired) electrons. The molecule has 0 saturated carbocycles. The summed E-state index contributed by atoms with van der Waals surface area (Å²) in [5.74, 6) is 1.80. The number of nitrogens with zero attached hydrogens (tertiary/aromatic N) is 4. The standard InChI is InChI=1S/C20H19N5S2/c1-15-6-5-9-17(12-15)22-19-23-24-20(27-19)26-14-18-21-10-11-25(18)13-16-7-3-2-4-8-16/h2-12H,13-14H2,1H3,(H,22,23). The highest BCUT2D eigenvalue weighted by atomic mass is 32.2. The molecular formula is C20H19N5S2. The second kappa shape index (κ2) is 8.37. The number of rotatable bonds is 7. The molecule has 7 heteroatoms. The number of hydrogen-bond donors (Lipinski definition) is 1. The van der Waals surface area contributed by atoms with Crippen LogP contribution in [0.5, 0.6) is 0 Å². The molecule has 5 nitrogen and oxygen atoms in total. The molecule has 0 fully saturated rings. The largest absolute Gasteiger partial charge is 0.330 e.